The highest BCUT2D eigenvalue weighted by atomic mass is 16.6. The minimum atomic E-state index is -0.438. The predicted octanol–water partition coefficient (Wildman–Crippen LogP) is 4.69. The van der Waals surface area contributed by atoms with Crippen molar-refractivity contribution >= 4 is 16.5 Å². The number of hydrogen-bond donors (Lipinski definition) is 0. The molecule has 23 heavy (non-hydrogen) atoms. The summed E-state index contributed by atoms with van der Waals surface area (Å²) in [5.74, 6) is 1.10. The van der Waals surface area contributed by atoms with E-state index in [-0.39, 0.29) is 5.69 Å². The van der Waals surface area contributed by atoms with Crippen LogP contribution < -0.4 is 4.74 Å². The summed E-state index contributed by atoms with van der Waals surface area (Å²) in [6.45, 7) is 0.548. The molecule has 5 heteroatoms. The first kappa shape index (κ1) is 15.0. The van der Waals surface area contributed by atoms with Crippen molar-refractivity contribution in [2.24, 2.45) is 0 Å². The molecule has 5 nitrogen and oxygen atoms in total. The van der Waals surface area contributed by atoms with E-state index in [1.807, 2.05) is 36.4 Å². The summed E-state index contributed by atoms with van der Waals surface area (Å²) in [5.41, 5.74) is 1.08. The van der Waals surface area contributed by atoms with Crippen molar-refractivity contribution < 1.29 is 14.4 Å². The summed E-state index contributed by atoms with van der Waals surface area (Å²) in [6.07, 6.45) is 0. The summed E-state index contributed by atoms with van der Waals surface area (Å²) >= 11 is 0. The Morgan fingerprint density at radius 2 is 1.87 bits per heavy atom. The summed E-state index contributed by atoms with van der Waals surface area (Å²) < 4.78 is 11.0. The number of non-ortho nitro benzene ring substituents is 1. The molecule has 0 atom stereocenters. The zero-order valence-corrected chi connectivity index (χ0v) is 12.6. The van der Waals surface area contributed by atoms with Crippen molar-refractivity contribution in [2.75, 3.05) is 7.11 Å². The van der Waals surface area contributed by atoms with E-state index in [2.05, 4.69) is 0 Å². The monoisotopic (exact) mass is 309 g/mol. The van der Waals surface area contributed by atoms with E-state index < -0.39 is 4.92 Å². The minimum Gasteiger partial charge on any atom is -0.456 e. The lowest BCUT2D eigenvalue weighted by Gasteiger charge is -2.10. The molecule has 0 heterocycles. The van der Waals surface area contributed by atoms with Gasteiger partial charge in [0.2, 0.25) is 0 Å². The van der Waals surface area contributed by atoms with Gasteiger partial charge in [0.1, 0.15) is 11.5 Å². The Balaban J connectivity index is 1.97. The van der Waals surface area contributed by atoms with Crippen molar-refractivity contribution in [1.29, 1.82) is 0 Å². The third-order valence-corrected chi connectivity index (χ3v) is 3.47. The number of fused-ring (bicyclic) bond motifs is 1. The fraction of sp³-hybridized carbons (Fsp3) is 0.111. The first-order chi connectivity index (χ1) is 11.2. The number of hydrogen-bond acceptors (Lipinski definition) is 4. The van der Waals surface area contributed by atoms with E-state index in [1.54, 1.807) is 19.2 Å². The van der Waals surface area contributed by atoms with E-state index in [0.29, 0.717) is 18.1 Å². The second-order valence-corrected chi connectivity index (χ2v) is 5.10. The van der Waals surface area contributed by atoms with Crippen molar-refractivity contribution in [3.63, 3.8) is 0 Å². The Morgan fingerprint density at radius 3 is 2.65 bits per heavy atom. The van der Waals surface area contributed by atoms with Crippen molar-refractivity contribution in [3.05, 3.63) is 76.3 Å². The van der Waals surface area contributed by atoms with Crippen molar-refractivity contribution in [1.82, 2.24) is 0 Å². The normalized spacial score (nSPS) is 10.7. The van der Waals surface area contributed by atoms with Crippen LogP contribution in [0.25, 0.3) is 10.8 Å². The van der Waals surface area contributed by atoms with E-state index in [1.165, 1.54) is 12.1 Å². The molecule has 0 saturated heterocycles. The van der Waals surface area contributed by atoms with Crippen LogP contribution in [0, 0.1) is 10.1 Å². The van der Waals surface area contributed by atoms with E-state index >= 15 is 0 Å². The molecule has 0 N–H and O–H groups in total. The molecule has 0 aliphatic carbocycles. The van der Waals surface area contributed by atoms with Crippen LogP contribution in [-0.4, -0.2) is 12.0 Å². The lowest BCUT2D eigenvalue weighted by atomic mass is 10.1. The van der Waals surface area contributed by atoms with Gasteiger partial charge in [-0.25, -0.2) is 0 Å². The number of ether oxygens (including phenoxy) is 2. The van der Waals surface area contributed by atoms with Gasteiger partial charge in [-0.1, -0.05) is 30.3 Å². The largest absolute Gasteiger partial charge is 0.456 e. The highest BCUT2D eigenvalue weighted by molar-refractivity contribution is 5.89. The maximum absolute atomic E-state index is 10.9. The maximum atomic E-state index is 10.9. The predicted molar refractivity (Wildman–Crippen MR) is 87.8 cm³/mol. The smallest absolute Gasteiger partial charge is 0.273 e. The van der Waals surface area contributed by atoms with Gasteiger partial charge in [-0.05, 0) is 29.1 Å². The molecule has 3 rings (SSSR count). The van der Waals surface area contributed by atoms with Gasteiger partial charge >= 0.3 is 0 Å². The number of methoxy groups -OCH3 is 1. The van der Waals surface area contributed by atoms with Gasteiger partial charge in [-0.3, -0.25) is 10.1 Å². The summed E-state index contributed by atoms with van der Waals surface area (Å²) in [7, 11) is 1.66. The summed E-state index contributed by atoms with van der Waals surface area (Å²) in [5, 5.41) is 12.8. The molecule has 0 bridgehead atoms. The Morgan fingerprint density at radius 1 is 1.04 bits per heavy atom. The van der Waals surface area contributed by atoms with Crippen LogP contribution in [-0.2, 0) is 11.3 Å². The van der Waals surface area contributed by atoms with Gasteiger partial charge in [-0.2, -0.15) is 0 Å². The third-order valence-electron chi connectivity index (χ3n) is 3.47. The lowest BCUT2D eigenvalue weighted by Crippen LogP contribution is -1.91. The van der Waals surface area contributed by atoms with Gasteiger partial charge in [-0.15, -0.1) is 0 Å². The van der Waals surface area contributed by atoms with Crippen LogP contribution in [0.2, 0.25) is 0 Å². The van der Waals surface area contributed by atoms with E-state index in [4.69, 9.17) is 9.47 Å². The van der Waals surface area contributed by atoms with Crippen LogP contribution in [0.3, 0.4) is 0 Å². The molecule has 0 radical (unpaired) electrons. The van der Waals surface area contributed by atoms with Crippen LogP contribution in [0.4, 0.5) is 5.69 Å². The molecular formula is C18H15NO4. The molecule has 116 valence electrons. The number of nitro groups is 1. The summed E-state index contributed by atoms with van der Waals surface area (Å²) in [6, 6.07) is 17.9. The molecular weight excluding hydrogens is 294 g/mol. The number of benzene rings is 3. The van der Waals surface area contributed by atoms with Crippen molar-refractivity contribution in [3.8, 4) is 11.5 Å². The van der Waals surface area contributed by atoms with Gasteiger partial charge in [0.15, 0.2) is 0 Å². The Bertz CT molecular complexity index is 861. The van der Waals surface area contributed by atoms with Gasteiger partial charge in [0.25, 0.3) is 5.69 Å². The number of nitro benzene ring substituents is 1. The topological polar surface area (TPSA) is 61.6 Å². The highest BCUT2D eigenvalue weighted by Gasteiger charge is 2.09. The second-order valence-electron chi connectivity index (χ2n) is 5.10. The first-order valence-electron chi connectivity index (χ1n) is 7.10. The average molecular weight is 309 g/mol. The fourth-order valence-corrected chi connectivity index (χ4v) is 2.44. The molecule has 0 saturated carbocycles. The highest BCUT2D eigenvalue weighted by Crippen LogP contribution is 2.31. The zero-order chi connectivity index (χ0) is 16.2. The van der Waals surface area contributed by atoms with Crippen LogP contribution >= 0.6 is 0 Å². The molecule has 0 aliphatic rings. The van der Waals surface area contributed by atoms with Crippen LogP contribution in [0.15, 0.2) is 60.7 Å². The summed E-state index contributed by atoms with van der Waals surface area (Å²) in [4.78, 5) is 10.4. The molecule has 0 aliphatic heterocycles. The fourth-order valence-electron chi connectivity index (χ4n) is 2.44. The third kappa shape index (κ3) is 3.30. The molecule has 0 fully saturated rings. The molecule has 0 amide bonds. The Kier molecular flexibility index (Phi) is 4.21. The van der Waals surface area contributed by atoms with E-state index in [0.717, 1.165) is 16.3 Å². The van der Waals surface area contributed by atoms with Crippen LogP contribution in [0.1, 0.15) is 5.56 Å². The number of rotatable bonds is 5. The molecule has 0 aromatic heterocycles. The first-order valence-corrected chi connectivity index (χ1v) is 7.10. The quantitative estimate of drug-likeness (QED) is 0.507. The minimum absolute atomic E-state index is 0.00474. The average Bonchev–Trinajstić information content (AvgIpc) is 2.55. The SMILES string of the molecule is COCc1ccc2c(Oc3cccc([N+](=O)[O-])c3)cccc2c1. The molecule has 0 spiro atoms. The zero-order valence-electron chi connectivity index (χ0n) is 12.6. The standard InChI is InChI=1S/C18H15NO4/c1-22-12-13-8-9-17-14(10-13)4-2-7-18(17)23-16-6-3-5-15(11-16)19(20)21/h2-11H,12H2,1H3. The lowest BCUT2D eigenvalue weighted by molar-refractivity contribution is -0.384. The maximum Gasteiger partial charge on any atom is 0.273 e. The molecule has 3 aromatic rings. The van der Waals surface area contributed by atoms with Gasteiger partial charge < -0.3 is 9.47 Å². The van der Waals surface area contributed by atoms with Gasteiger partial charge in [0.05, 0.1) is 17.6 Å². The van der Waals surface area contributed by atoms with Crippen LogP contribution in [0.5, 0.6) is 11.5 Å². The Hall–Kier alpha value is -2.92. The van der Waals surface area contributed by atoms with Crippen molar-refractivity contribution in [2.45, 2.75) is 6.61 Å². The van der Waals surface area contributed by atoms with Gasteiger partial charge in [0, 0.05) is 18.6 Å². The molecule has 0 unspecified atom stereocenters. The molecule has 3 aromatic carbocycles. The number of nitrogens with zero attached hydrogens (tertiary/aromatic N) is 1. The van der Waals surface area contributed by atoms with E-state index in [9.17, 15) is 10.1 Å². The second kappa shape index (κ2) is 6.46. The Labute approximate surface area is 133 Å².